The third-order valence-electron chi connectivity index (χ3n) is 5.45. The second kappa shape index (κ2) is 8.06. The molecule has 1 aromatic heterocycles. The van der Waals surface area contributed by atoms with Crippen molar-refractivity contribution in [3.63, 3.8) is 0 Å². The number of carbonyl (C=O) groups excluding carboxylic acids is 1. The van der Waals surface area contributed by atoms with Gasteiger partial charge in [0.2, 0.25) is 5.91 Å². The summed E-state index contributed by atoms with van der Waals surface area (Å²) in [6.07, 6.45) is 1.22. The molecule has 0 atom stereocenters. The fraction of sp³-hybridized carbons (Fsp3) is 0.429. The Balaban J connectivity index is 1.58. The minimum Gasteiger partial charge on any atom is -0.486 e. The molecule has 0 radical (unpaired) electrons. The van der Waals surface area contributed by atoms with Crippen LogP contribution in [-0.4, -0.2) is 39.7 Å². The van der Waals surface area contributed by atoms with Crippen LogP contribution in [0.5, 0.6) is 11.5 Å². The predicted octanol–water partition coefficient (Wildman–Crippen LogP) is 0.648. The lowest BCUT2D eigenvalue weighted by Gasteiger charge is -2.23. The minimum atomic E-state index is -0.695. The van der Waals surface area contributed by atoms with Crippen molar-refractivity contribution in [1.82, 2.24) is 14.0 Å². The number of benzene rings is 1. The maximum absolute atomic E-state index is 12.9. The van der Waals surface area contributed by atoms with Gasteiger partial charge in [-0.2, -0.15) is 5.26 Å². The van der Waals surface area contributed by atoms with Crippen molar-refractivity contribution in [3.05, 3.63) is 55.9 Å². The first-order valence-corrected chi connectivity index (χ1v) is 9.96. The average molecular weight is 410 g/mol. The second-order valence-corrected chi connectivity index (χ2v) is 7.25. The summed E-state index contributed by atoms with van der Waals surface area (Å²) < 4.78 is 13.4. The summed E-state index contributed by atoms with van der Waals surface area (Å²) in [5.74, 6) is 0.934. The van der Waals surface area contributed by atoms with Crippen molar-refractivity contribution in [2.24, 2.45) is 0 Å². The lowest BCUT2D eigenvalue weighted by molar-refractivity contribution is -0.132. The third kappa shape index (κ3) is 3.45. The van der Waals surface area contributed by atoms with E-state index in [9.17, 15) is 19.6 Å². The highest BCUT2D eigenvalue weighted by molar-refractivity contribution is 5.76. The quantitative estimate of drug-likeness (QED) is 0.716. The summed E-state index contributed by atoms with van der Waals surface area (Å²) in [6.45, 7) is 3.56. The van der Waals surface area contributed by atoms with E-state index in [1.54, 1.807) is 11.0 Å². The fourth-order valence-electron chi connectivity index (χ4n) is 3.91. The Morgan fingerprint density at radius 2 is 2.00 bits per heavy atom. The molecule has 0 fully saturated rings. The number of carbonyl (C=O) groups is 1. The van der Waals surface area contributed by atoms with Crippen LogP contribution in [0.2, 0.25) is 0 Å². The first kappa shape index (κ1) is 19.8. The second-order valence-electron chi connectivity index (χ2n) is 7.25. The van der Waals surface area contributed by atoms with Crippen molar-refractivity contribution in [1.29, 1.82) is 5.26 Å². The van der Waals surface area contributed by atoms with Crippen molar-refractivity contribution in [3.8, 4) is 17.6 Å². The molecule has 3 heterocycles. The zero-order valence-electron chi connectivity index (χ0n) is 16.7. The molecule has 30 heavy (non-hydrogen) atoms. The number of hydrogen-bond acceptors (Lipinski definition) is 6. The van der Waals surface area contributed by atoms with Crippen LogP contribution in [-0.2, 0) is 30.8 Å². The molecule has 4 rings (SSSR count). The molecule has 2 aliphatic rings. The summed E-state index contributed by atoms with van der Waals surface area (Å²) >= 11 is 0. The van der Waals surface area contributed by atoms with Gasteiger partial charge >= 0.3 is 5.69 Å². The Kier molecular flexibility index (Phi) is 5.31. The van der Waals surface area contributed by atoms with Crippen LogP contribution in [0.25, 0.3) is 0 Å². The summed E-state index contributed by atoms with van der Waals surface area (Å²) in [5.41, 5.74) is 0.0504. The van der Waals surface area contributed by atoms with E-state index in [2.05, 4.69) is 0 Å². The van der Waals surface area contributed by atoms with Gasteiger partial charge < -0.3 is 14.4 Å². The monoisotopic (exact) mass is 410 g/mol. The van der Waals surface area contributed by atoms with E-state index in [-0.39, 0.29) is 11.5 Å². The zero-order valence-corrected chi connectivity index (χ0v) is 16.7. The Morgan fingerprint density at radius 1 is 1.23 bits per heavy atom. The van der Waals surface area contributed by atoms with Gasteiger partial charge in [0.15, 0.2) is 11.5 Å². The molecule has 0 spiro atoms. The number of aromatic nitrogens is 2. The van der Waals surface area contributed by atoms with Gasteiger partial charge in [0.1, 0.15) is 31.4 Å². The maximum Gasteiger partial charge on any atom is 0.331 e. The van der Waals surface area contributed by atoms with Crippen LogP contribution < -0.4 is 20.7 Å². The maximum atomic E-state index is 12.9. The molecule has 9 heteroatoms. The van der Waals surface area contributed by atoms with E-state index in [1.807, 2.05) is 25.1 Å². The number of likely N-dealkylation sites (N-methyl/N-ethyl adjacent to an activating group) is 1. The summed E-state index contributed by atoms with van der Waals surface area (Å²) in [7, 11) is 0. The van der Waals surface area contributed by atoms with E-state index in [0.29, 0.717) is 62.9 Å². The molecule has 9 nitrogen and oxygen atoms in total. The van der Waals surface area contributed by atoms with Crippen molar-refractivity contribution in [2.75, 3.05) is 19.8 Å². The Labute approximate surface area is 172 Å². The Bertz CT molecular complexity index is 1160. The van der Waals surface area contributed by atoms with Gasteiger partial charge in [-0.3, -0.25) is 14.2 Å². The molecular weight excluding hydrogens is 388 g/mol. The molecule has 0 saturated heterocycles. The number of hydrogen-bond donors (Lipinski definition) is 0. The normalized spacial score (nSPS) is 14.1. The fourth-order valence-corrected chi connectivity index (χ4v) is 3.91. The Hall–Kier alpha value is -3.54. The third-order valence-corrected chi connectivity index (χ3v) is 5.45. The van der Waals surface area contributed by atoms with Crippen molar-refractivity contribution >= 4 is 5.91 Å². The highest BCUT2D eigenvalue weighted by atomic mass is 16.6. The lowest BCUT2D eigenvalue weighted by Crippen LogP contribution is -2.45. The van der Waals surface area contributed by atoms with E-state index >= 15 is 0 Å². The van der Waals surface area contributed by atoms with Gasteiger partial charge in [-0.05, 0) is 37.5 Å². The number of fused-ring (bicyclic) bond motifs is 2. The van der Waals surface area contributed by atoms with Crippen molar-refractivity contribution in [2.45, 2.75) is 39.4 Å². The first-order chi connectivity index (χ1) is 14.5. The summed E-state index contributed by atoms with van der Waals surface area (Å²) in [6, 6.07) is 7.39. The number of amides is 1. The molecule has 2 aromatic rings. The molecule has 0 saturated carbocycles. The van der Waals surface area contributed by atoms with Gasteiger partial charge in [0, 0.05) is 25.3 Å². The van der Waals surface area contributed by atoms with E-state index < -0.39 is 17.8 Å². The summed E-state index contributed by atoms with van der Waals surface area (Å²) in [4.78, 5) is 39.9. The number of nitriles is 1. The van der Waals surface area contributed by atoms with Crippen LogP contribution in [0, 0.1) is 11.3 Å². The van der Waals surface area contributed by atoms with Gasteiger partial charge in [-0.25, -0.2) is 9.36 Å². The molecule has 0 unspecified atom stereocenters. The SMILES string of the molecule is CCN(Cc1ccc2c(c1)OCCO2)C(=O)Cn1c(=O)c(C#N)c2n(c1=O)CCC2. The Morgan fingerprint density at radius 3 is 2.73 bits per heavy atom. The first-order valence-electron chi connectivity index (χ1n) is 9.96. The van der Waals surface area contributed by atoms with Crippen LogP contribution in [0.3, 0.4) is 0 Å². The minimum absolute atomic E-state index is 0.0465. The average Bonchev–Trinajstić information content (AvgIpc) is 3.25. The van der Waals surface area contributed by atoms with E-state index in [4.69, 9.17) is 9.47 Å². The molecule has 0 bridgehead atoms. The smallest absolute Gasteiger partial charge is 0.331 e. The zero-order chi connectivity index (χ0) is 21.3. The molecule has 1 aromatic carbocycles. The molecular formula is C21H22N4O5. The highest BCUT2D eigenvalue weighted by Gasteiger charge is 2.25. The number of rotatable bonds is 5. The molecule has 1 amide bonds. The van der Waals surface area contributed by atoms with E-state index in [1.165, 1.54) is 4.57 Å². The van der Waals surface area contributed by atoms with Gasteiger partial charge in [-0.1, -0.05) is 6.07 Å². The van der Waals surface area contributed by atoms with Gasteiger partial charge in [0.05, 0.1) is 0 Å². The molecule has 156 valence electrons. The van der Waals surface area contributed by atoms with Gasteiger partial charge in [0.25, 0.3) is 5.56 Å². The lowest BCUT2D eigenvalue weighted by atomic mass is 10.1. The van der Waals surface area contributed by atoms with E-state index in [0.717, 1.165) is 10.1 Å². The largest absolute Gasteiger partial charge is 0.486 e. The molecule has 0 N–H and O–H groups in total. The number of nitrogens with zero attached hydrogens (tertiary/aromatic N) is 4. The highest BCUT2D eigenvalue weighted by Crippen LogP contribution is 2.31. The molecule has 2 aliphatic heterocycles. The van der Waals surface area contributed by atoms with Crippen LogP contribution >= 0.6 is 0 Å². The van der Waals surface area contributed by atoms with Crippen LogP contribution in [0.15, 0.2) is 27.8 Å². The van der Waals surface area contributed by atoms with Gasteiger partial charge in [-0.15, -0.1) is 0 Å². The standard InChI is InChI=1S/C21H22N4O5/c1-2-23(12-14-5-6-17-18(10-14)30-9-8-29-17)19(26)13-25-20(27)15(11-22)16-4-3-7-24(16)21(25)28/h5-6,10H,2-4,7-9,12-13H2,1H3. The number of ether oxygens (including phenoxy) is 2. The van der Waals surface area contributed by atoms with Crippen molar-refractivity contribution < 1.29 is 14.3 Å². The predicted molar refractivity (Wildman–Crippen MR) is 107 cm³/mol. The topological polar surface area (TPSA) is 107 Å². The van der Waals surface area contributed by atoms with Crippen LogP contribution in [0.1, 0.15) is 30.2 Å². The molecule has 0 aliphatic carbocycles. The van der Waals surface area contributed by atoms with Crippen LogP contribution in [0.4, 0.5) is 0 Å². The summed E-state index contributed by atoms with van der Waals surface area (Å²) in [5, 5.41) is 9.38.